The summed E-state index contributed by atoms with van der Waals surface area (Å²) >= 11 is 1.56. The van der Waals surface area contributed by atoms with Gasteiger partial charge in [0.1, 0.15) is 12.3 Å². The minimum atomic E-state index is -0.651. The molecular weight excluding hydrogens is 386 g/mol. The van der Waals surface area contributed by atoms with Gasteiger partial charge in [-0.15, -0.1) is 11.3 Å². The summed E-state index contributed by atoms with van der Waals surface area (Å²) in [5, 5.41) is 5.80. The molecule has 0 aliphatic carbocycles. The van der Waals surface area contributed by atoms with Gasteiger partial charge in [-0.1, -0.05) is 12.1 Å². The van der Waals surface area contributed by atoms with Crippen LogP contribution in [-0.2, 0) is 9.59 Å². The third-order valence-corrected chi connectivity index (χ3v) is 5.46. The molecule has 148 valence electrons. The average Bonchev–Trinajstić information content (AvgIpc) is 3.11. The van der Waals surface area contributed by atoms with E-state index in [9.17, 15) is 9.59 Å². The van der Waals surface area contributed by atoms with E-state index in [4.69, 9.17) is 4.74 Å². The first-order valence-corrected chi connectivity index (χ1v) is 10.2. The van der Waals surface area contributed by atoms with Gasteiger partial charge in [0, 0.05) is 16.6 Å². The van der Waals surface area contributed by atoms with E-state index in [-0.39, 0.29) is 18.4 Å². The summed E-state index contributed by atoms with van der Waals surface area (Å²) < 4.78 is 5.75. The number of fused-ring (bicyclic) bond motifs is 1. The Morgan fingerprint density at radius 1 is 1.24 bits per heavy atom. The Hall–Kier alpha value is -3.19. The Kier molecular flexibility index (Phi) is 5.07. The molecule has 1 atom stereocenters. The largest absolute Gasteiger partial charge is 0.479 e. The van der Waals surface area contributed by atoms with E-state index in [2.05, 4.69) is 10.3 Å². The SMILES string of the molecule is Cc1cccc(NC(=O)CN2C(=O)C(C)Oc3ccc(-c4csc(C)n4)cc32)c1. The summed E-state index contributed by atoms with van der Waals surface area (Å²) in [7, 11) is 0. The number of aryl methyl sites for hydroxylation is 2. The first-order valence-electron chi connectivity index (χ1n) is 9.32. The van der Waals surface area contributed by atoms with Gasteiger partial charge in [-0.2, -0.15) is 0 Å². The molecular formula is C22H21N3O3S. The minimum absolute atomic E-state index is 0.0903. The summed E-state index contributed by atoms with van der Waals surface area (Å²) in [6, 6.07) is 13.1. The minimum Gasteiger partial charge on any atom is -0.479 e. The molecule has 1 unspecified atom stereocenters. The summed E-state index contributed by atoms with van der Waals surface area (Å²) in [5.41, 5.74) is 4.05. The van der Waals surface area contributed by atoms with Crippen LogP contribution >= 0.6 is 11.3 Å². The van der Waals surface area contributed by atoms with Crippen molar-refractivity contribution in [1.82, 2.24) is 4.98 Å². The molecule has 3 aromatic rings. The number of nitrogens with one attached hydrogen (secondary N) is 1. The monoisotopic (exact) mass is 407 g/mol. The van der Waals surface area contributed by atoms with Crippen LogP contribution in [0, 0.1) is 13.8 Å². The molecule has 0 fully saturated rings. The Labute approximate surface area is 173 Å². The van der Waals surface area contributed by atoms with Crippen molar-refractivity contribution in [1.29, 1.82) is 0 Å². The first kappa shape index (κ1) is 19.1. The van der Waals surface area contributed by atoms with Crippen LogP contribution in [0.2, 0.25) is 0 Å². The molecule has 1 aromatic heterocycles. The van der Waals surface area contributed by atoms with E-state index >= 15 is 0 Å². The van der Waals surface area contributed by atoms with Crippen molar-refractivity contribution in [2.75, 3.05) is 16.8 Å². The standard InChI is InChI=1S/C22H21N3O3S/c1-13-5-4-6-17(9-13)24-21(26)11-25-19-10-16(18-12-29-15(3)23-18)7-8-20(19)28-14(2)22(25)27/h4-10,12,14H,11H2,1-3H3,(H,24,26). The molecule has 2 heterocycles. The molecule has 0 spiro atoms. The molecule has 0 radical (unpaired) electrons. The average molecular weight is 407 g/mol. The van der Waals surface area contributed by atoms with Gasteiger partial charge in [-0.25, -0.2) is 4.98 Å². The number of benzene rings is 2. The van der Waals surface area contributed by atoms with E-state index in [1.807, 2.05) is 61.7 Å². The van der Waals surface area contributed by atoms with E-state index < -0.39 is 6.10 Å². The summed E-state index contributed by atoms with van der Waals surface area (Å²) in [4.78, 5) is 31.4. The normalized spacial score (nSPS) is 15.6. The first-order chi connectivity index (χ1) is 13.9. The molecule has 7 heteroatoms. The lowest BCUT2D eigenvalue weighted by Crippen LogP contribution is -2.47. The molecule has 6 nitrogen and oxygen atoms in total. The van der Waals surface area contributed by atoms with Gasteiger partial charge in [0.05, 0.1) is 16.4 Å². The zero-order valence-corrected chi connectivity index (χ0v) is 17.2. The van der Waals surface area contributed by atoms with Gasteiger partial charge < -0.3 is 10.1 Å². The highest BCUT2D eigenvalue weighted by atomic mass is 32.1. The molecule has 4 rings (SSSR count). The fourth-order valence-electron chi connectivity index (χ4n) is 3.29. The third kappa shape index (κ3) is 4.00. The van der Waals surface area contributed by atoms with Gasteiger partial charge >= 0.3 is 0 Å². The second kappa shape index (κ2) is 7.67. The zero-order chi connectivity index (χ0) is 20.5. The number of hydrogen-bond acceptors (Lipinski definition) is 5. The van der Waals surface area contributed by atoms with Gasteiger partial charge in [0.15, 0.2) is 6.10 Å². The van der Waals surface area contributed by atoms with Crippen LogP contribution < -0.4 is 15.0 Å². The predicted octanol–water partition coefficient (Wildman–Crippen LogP) is 4.18. The maximum absolute atomic E-state index is 12.8. The van der Waals surface area contributed by atoms with Crippen LogP contribution in [0.1, 0.15) is 17.5 Å². The number of hydrogen-bond donors (Lipinski definition) is 1. The van der Waals surface area contributed by atoms with Crippen LogP contribution in [0.25, 0.3) is 11.3 Å². The number of aromatic nitrogens is 1. The number of nitrogens with zero attached hydrogens (tertiary/aromatic N) is 2. The Bertz CT molecular complexity index is 1090. The molecule has 2 aromatic carbocycles. The maximum atomic E-state index is 12.8. The Morgan fingerprint density at radius 3 is 2.79 bits per heavy atom. The molecule has 1 N–H and O–H groups in total. The summed E-state index contributed by atoms with van der Waals surface area (Å²) in [5.74, 6) is 0.0681. The summed E-state index contributed by atoms with van der Waals surface area (Å²) in [6.45, 7) is 5.51. The van der Waals surface area contributed by atoms with Crippen molar-refractivity contribution in [3.05, 3.63) is 58.4 Å². The number of ether oxygens (including phenoxy) is 1. The van der Waals surface area contributed by atoms with E-state index in [1.54, 1.807) is 18.3 Å². The van der Waals surface area contributed by atoms with Crippen LogP contribution in [0.4, 0.5) is 11.4 Å². The predicted molar refractivity (Wildman–Crippen MR) is 115 cm³/mol. The lowest BCUT2D eigenvalue weighted by molar-refractivity contribution is -0.127. The van der Waals surface area contributed by atoms with Gasteiger partial charge in [-0.05, 0) is 56.7 Å². The molecule has 2 amide bonds. The highest BCUT2D eigenvalue weighted by molar-refractivity contribution is 7.09. The molecule has 0 saturated carbocycles. The van der Waals surface area contributed by atoms with Gasteiger partial charge in [0.2, 0.25) is 5.91 Å². The van der Waals surface area contributed by atoms with E-state index in [0.29, 0.717) is 17.1 Å². The molecule has 29 heavy (non-hydrogen) atoms. The van der Waals surface area contributed by atoms with E-state index in [1.165, 1.54) is 4.90 Å². The summed E-state index contributed by atoms with van der Waals surface area (Å²) in [6.07, 6.45) is -0.651. The zero-order valence-electron chi connectivity index (χ0n) is 16.4. The highest BCUT2D eigenvalue weighted by Crippen LogP contribution is 2.37. The van der Waals surface area contributed by atoms with Crippen LogP contribution in [0.3, 0.4) is 0 Å². The lowest BCUT2D eigenvalue weighted by Gasteiger charge is -2.32. The van der Waals surface area contributed by atoms with Crippen molar-refractivity contribution in [2.24, 2.45) is 0 Å². The van der Waals surface area contributed by atoms with Crippen molar-refractivity contribution < 1.29 is 14.3 Å². The van der Waals surface area contributed by atoms with Gasteiger partial charge in [0.25, 0.3) is 5.91 Å². The fraction of sp³-hybridized carbons (Fsp3) is 0.227. The number of amides is 2. The topological polar surface area (TPSA) is 71.5 Å². The van der Waals surface area contributed by atoms with Gasteiger partial charge in [-0.3, -0.25) is 14.5 Å². The quantitative estimate of drug-likeness (QED) is 0.704. The van der Waals surface area contributed by atoms with Crippen LogP contribution in [0.15, 0.2) is 47.8 Å². The molecule has 1 aliphatic heterocycles. The fourth-order valence-corrected chi connectivity index (χ4v) is 3.91. The molecule has 1 aliphatic rings. The molecule has 0 saturated heterocycles. The third-order valence-electron chi connectivity index (χ3n) is 4.69. The Morgan fingerprint density at radius 2 is 2.07 bits per heavy atom. The number of anilines is 2. The van der Waals surface area contributed by atoms with Crippen LogP contribution in [-0.4, -0.2) is 29.4 Å². The van der Waals surface area contributed by atoms with Crippen LogP contribution in [0.5, 0.6) is 5.75 Å². The number of thiazole rings is 1. The Balaban J connectivity index is 1.62. The smallest absolute Gasteiger partial charge is 0.268 e. The molecule has 0 bridgehead atoms. The number of carbonyl (C=O) groups is 2. The van der Waals surface area contributed by atoms with Crippen molar-refractivity contribution in [2.45, 2.75) is 26.9 Å². The maximum Gasteiger partial charge on any atom is 0.268 e. The van der Waals surface area contributed by atoms with Crippen molar-refractivity contribution in [3.8, 4) is 17.0 Å². The lowest BCUT2D eigenvalue weighted by atomic mass is 10.1. The number of rotatable bonds is 4. The van der Waals surface area contributed by atoms with E-state index in [0.717, 1.165) is 21.8 Å². The second-order valence-corrected chi connectivity index (χ2v) is 8.10. The highest BCUT2D eigenvalue weighted by Gasteiger charge is 2.33. The number of carbonyl (C=O) groups excluding carboxylic acids is 2. The van der Waals surface area contributed by atoms with Crippen molar-refractivity contribution >= 4 is 34.5 Å². The van der Waals surface area contributed by atoms with Crippen molar-refractivity contribution in [3.63, 3.8) is 0 Å². The second-order valence-electron chi connectivity index (χ2n) is 7.04.